The van der Waals surface area contributed by atoms with Crippen LogP contribution in [0.15, 0.2) is 72.3 Å². The van der Waals surface area contributed by atoms with E-state index in [1.807, 2.05) is 0 Å². The topological polar surface area (TPSA) is 66.8 Å². The minimum atomic E-state index is -0.776. The van der Waals surface area contributed by atoms with Gasteiger partial charge in [-0.05, 0) is 65.6 Å². The van der Waals surface area contributed by atoms with Crippen molar-refractivity contribution in [3.63, 3.8) is 0 Å². The molecule has 7 heteroatoms. The minimum absolute atomic E-state index is 0.0327. The Labute approximate surface area is 201 Å². The molecule has 0 radical (unpaired) electrons. The Hall–Kier alpha value is -3.64. The lowest BCUT2D eigenvalue weighted by Crippen LogP contribution is -2.31. The summed E-state index contributed by atoms with van der Waals surface area (Å²) in [5.41, 5.74) is 2.92. The summed E-state index contributed by atoms with van der Waals surface area (Å²) in [4.78, 5) is 27.7. The first-order valence-electron chi connectivity index (χ1n) is 11.0. The summed E-state index contributed by atoms with van der Waals surface area (Å²) < 4.78 is 18.8. The molecule has 1 atom stereocenters. The molecular weight excluding hydrogens is 457 g/mol. The smallest absolute Gasteiger partial charge is 0.295 e. The maximum absolute atomic E-state index is 13.3. The highest BCUT2D eigenvalue weighted by Gasteiger charge is 2.45. The lowest BCUT2D eigenvalue weighted by molar-refractivity contribution is -0.139. The molecular formula is C27H21ClFNO4. The number of rotatable bonds is 5. The number of ether oxygens (including phenoxy) is 1. The number of aliphatic hydroxyl groups is 1. The van der Waals surface area contributed by atoms with Gasteiger partial charge in [0.1, 0.15) is 17.3 Å². The van der Waals surface area contributed by atoms with Crippen molar-refractivity contribution >= 4 is 29.1 Å². The van der Waals surface area contributed by atoms with Crippen molar-refractivity contribution in [3.05, 3.63) is 105 Å². The first-order valence-corrected chi connectivity index (χ1v) is 11.3. The molecule has 1 fully saturated rings. The van der Waals surface area contributed by atoms with E-state index in [9.17, 15) is 19.1 Å². The van der Waals surface area contributed by atoms with Crippen molar-refractivity contribution < 1.29 is 23.8 Å². The molecule has 0 aromatic heterocycles. The van der Waals surface area contributed by atoms with Crippen molar-refractivity contribution in [2.45, 2.75) is 18.9 Å². The van der Waals surface area contributed by atoms with E-state index in [4.69, 9.17) is 16.3 Å². The molecule has 0 spiro atoms. The van der Waals surface area contributed by atoms with E-state index in [-0.39, 0.29) is 23.7 Å². The number of likely N-dealkylation sites (tertiary alicyclic amines) is 1. The number of halogens is 2. The third kappa shape index (κ3) is 4.05. The maximum atomic E-state index is 13.3. The molecule has 5 rings (SSSR count). The molecule has 2 aliphatic heterocycles. The Morgan fingerprint density at radius 1 is 1.06 bits per heavy atom. The number of ketones is 1. The summed E-state index contributed by atoms with van der Waals surface area (Å²) in [5, 5.41) is 11.8. The Balaban J connectivity index is 1.56. The Morgan fingerprint density at radius 2 is 1.79 bits per heavy atom. The number of Topliss-reactive ketones (excluding diaryl/α,β-unsaturated/α-hetero) is 1. The normalized spacial score (nSPS) is 18.8. The summed E-state index contributed by atoms with van der Waals surface area (Å²) in [6.07, 6.45) is 1.14. The van der Waals surface area contributed by atoms with E-state index < -0.39 is 17.7 Å². The van der Waals surface area contributed by atoms with Crippen LogP contribution in [0.4, 0.5) is 4.39 Å². The number of hydrogen-bond acceptors (Lipinski definition) is 4. The van der Waals surface area contributed by atoms with Crippen LogP contribution >= 0.6 is 11.6 Å². The molecule has 34 heavy (non-hydrogen) atoms. The van der Waals surface area contributed by atoms with Gasteiger partial charge >= 0.3 is 0 Å². The standard InChI is InChI=1S/C27H21ClFNO4/c28-20-6-3-17(4-7-20)24-23(25(31)19-5-10-22-18(15-19)12-14-34-22)26(32)27(33)30(24)13-11-16-1-8-21(29)9-2-16/h1-10,15,24,31H,11-14H2/b25-23-. The van der Waals surface area contributed by atoms with E-state index in [0.717, 1.165) is 16.9 Å². The summed E-state index contributed by atoms with van der Waals surface area (Å²) in [6.45, 7) is 0.788. The second kappa shape index (κ2) is 8.95. The van der Waals surface area contributed by atoms with Crippen LogP contribution in [0.2, 0.25) is 5.02 Å². The molecule has 1 saturated heterocycles. The van der Waals surface area contributed by atoms with Gasteiger partial charge in [-0.3, -0.25) is 9.59 Å². The van der Waals surface area contributed by atoms with Crippen molar-refractivity contribution in [1.29, 1.82) is 0 Å². The molecule has 0 bridgehead atoms. The third-order valence-corrected chi connectivity index (χ3v) is 6.50. The molecule has 1 N–H and O–H groups in total. The largest absolute Gasteiger partial charge is 0.507 e. The predicted octanol–water partition coefficient (Wildman–Crippen LogP) is 5.08. The molecule has 1 unspecified atom stereocenters. The average molecular weight is 478 g/mol. The fourth-order valence-corrected chi connectivity index (χ4v) is 4.62. The highest BCUT2D eigenvalue weighted by Crippen LogP contribution is 2.40. The molecule has 5 nitrogen and oxygen atoms in total. The Kier molecular flexibility index (Phi) is 5.84. The van der Waals surface area contributed by atoms with E-state index in [0.29, 0.717) is 35.6 Å². The molecule has 172 valence electrons. The van der Waals surface area contributed by atoms with Crippen molar-refractivity contribution in [3.8, 4) is 5.75 Å². The van der Waals surface area contributed by atoms with Crippen molar-refractivity contribution in [2.24, 2.45) is 0 Å². The average Bonchev–Trinajstić information content (AvgIpc) is 3.41. The van der Waals surface area contributed by atoms with E-state index in [2.05, 4.69) is 0 Å². The van der Waals surface area contributed by atoms with Crippen LogP contribution in [0.25, 0.3) is 5.76 Å². The van der Waals surface area contributed by atoms with Crippen LogP contribution in [-0.2, 0) is 22.4 Å². The van der Waals surface area contributed by atoms with Gasteiger partial charge < -0.3 is 14.7 Å². The van der Waals surface area contributed by atoms with Gasteiger partial charge in [0.15, 0.2) is 0 Å². The summed E-state index contributed by atoms with van der Waals surface area (Å²) >= 11 is 6.06. The first-order chi connectivity index (χ1) is 16.4. The van der Waals surface area contributed by atoms with Gasteiger partial charge in [-0.25, -0.2) is 4.39 Å². The number of benzene rings is 3. The lowest BCUT2D eigenvalue weighted by Gasteiger charge is -2.25. The van der Waals surface area contributed by atoms with Gasteiger partial charge in [-0.15, -0.1) is 0 Å². The maximum Gasteiger partial charge on any atom is 0.295 e. The zero-order valence-corrected chi connectivity index (χ0v) is 18.9. The SMILES string of the molecule is O=C1C(=O)N(CCc2ccc(F)cc2)C(c2ccc(Cl)cc2)/C1=C(/O)c1ccc2c(c1)CCO2. The first kappa shape index (κ1) is 22.2. The van der Waals surface area contributed by atoms with Gasteiger partial charge in [0.2, 0.25) is 0 Å². The second-order valence-electron chi connectivity index (χ2n) is 8.34. The van der Waals surface area contributed by atoms with Gasteiger partial charge in [0, 0.05) is 23.6 Å². The Morgan fingerprint density at radius 3 is 2.53 bits per heavy atom. The fourth-order valence-electron chi connectivity index (χ4n) is 4.49. The number of hydrogen-bond donors (Lipinski definition) is 1. The van der Waals surface area contributed by atoms with Crippen molar-refractivity contribution in [1.82, 2.24) is 4.90 Å². The van der Waals surface area contributed by atoms with Gasteiger partial charge in [0.05, 0.1) is 18.2 Å². The quantitative estimate of drug-likeness (QED) is 0.316. The Bertz CT molecular complexity index is 1300. The van der Waals surface area contributed by atoms with Crippen LogP contribution in [-0.4, -0.2) is 34.8 Å². The molecule has 0 saturated carbocycles. The van der Waals surface area contributed by atoms with E-state index in [1.54, 1.807) is 54.6 Å². The monoisotopic (exact) mass is 477 g/mol. The zero-order valence-electron chi connectivity index (χ0n) is 18.1. The second-order valence-corrected chi connectivity index (χ2v) is 8.78. The number of fused-ring (bicyclic) bond motifs is 1. The van der Waals surface area contributed by atoms with Crippen LogP contribution in [0.1, 0.15) is 28.3 Å². The zero-order chi connectivity index (χ0) is 23.8. The molecule has 0 aliphatic carbocycles. The highest BCUT2D eigenvalue weighted by molar-refractivity contribution is 6.46. The summed E-state index contributed by atoms with van der Waals surface area (Å²) in [5.74, 6) is -1.24. The fraction of sp³-hybridized carbons (Fsp3) is 0.185. The number of carbonyl (C=O) groups excluding carboxylic acids is 2. The van der Waals surface area contributed by atoms with Crippen LogP contribution in [0.5, 0.6) is 5.75 Å². The van der Waals surface area contributed by atoms with E-state index in [1.165, 1.54) is 17.0 Å². The minimum Gasteiger partial charge on any atom is -0.507 e. The van der Waals surface area contributed by atoms with Gasteiger partial charge in [0.25, 0.3) is 11.7 Å². The number of amides is 1. The van der Waals surface area contributed by atoms with Gasteiger partial charge in [-0.2, -0.15) is 0 Å². The summed E-state index contributed by atoms with van der Waals surface area (Å²) in [7, 11) is 0. The predicted molar refractivity (Wildman–Crippen MR) is 126 cm³/mol. The van der Waals surface area contributed by atoms with E-state index >= 15 is 0 Å². The van der Waals surface area contributed by atoms with Gasteiger partial charge in [-0.1, -0.05) is 35.9 Å². The highest BCUT2D eigenvalue weighted by atomic mass is 35.5. The molecule has 3 aromatic carbocycles. The third-order valence-electron chi connectivity index (χ3n) is 6.24. The van der Waals surface area contributed by atoms with Crippen LogP contribution in [0, 0.1) is 5.82 Å². The molecule has 2 aliphatic rings. The number of nitrogens with zero attached hydrogens (tertiary/aromatic N) is 1. The molecule has 3 aromatic rings. The number of carbonyl (C=O) groups is 2. The van der Waals surface area contributed by atoms with Crippen molar-refractivity contribution in [2.75, 3.05) is 13.2 Å². The molecule has 1 amide bonds. The lowest BCUT2D eigenvalue weighted by atomic mass is 9.94. The summed E-state index contributed by atoms with van der Waals surface area (Å²) in [6, 6.07) is 17.3. The molecule has 2 heterocycles. The van der Waals surface area contributed by atoms with Crippen LogP contribution in [0.3, 0.4) is 0 Å². The number of aliphatic hydroxyl groups excluding tert-OH is 1. The van der Waals surface area contributed by atoms with Crippen LogP contribution < -0.4 is 4.74 Å².